The molecule has 0 saturated heterocycles. The van der Waals surface area contributed by atoms with E-state index in [4.69, 9.17) is 0 Å². The van der Waals surface area contributed by atoms with Gasteiger partial charge in [0.1, 0.15) is 0 Å². The van der Waals surface area contributed by atoms with Crippen LogP contribution >= 0.6 is 0 Å². The summed E-state index contributed by atoms with van der Waals surface area (Å²) < 4.78 is 0. The lowest BCUT2D eigenvalue weighted by molar-refractivity contribution is 0.255. The van der Waals surface area contributed by atoms with Crippen LogP contribution < -0.4 is 5.32 Å². The van der Waals surface area contributed by atoms with Crippen LogP contribution in [0.2, 0.25) is 0 Å². The molecule has 1 N–H and O–H groups in total. The molecule has 2 heteroatoms. The average Bonchev–Trinajstić information content (AvgIpc) is 2.34. The minimum absolute atomic E-state index is 0.601. The van der Waals surface area contributed by atoms with Crippen LogP contribution in [0.4, 0.5) is 0 Å². The zero-order chi connectivity index (χ0) is 11.8. The van der Waals surface area contributed by atoms with Crippen LogP contribution in [0.5, 0.6) is 0 Å². The van der Waals surface area contributed by atoms with Gasteiger partial charge in [0.25, 0.3) is 0 Å². The molecular weight excluding hydrogens is 196 g/mol. The Morgan fingerprint density at radius 3 is 2.56 bits per heavy atom. The van der Waals surface area contributed by atoms with E-state index >= 15 is 0 Å². The van der Waals surface area contributed by atoms with Crippen LogP contribution in [0.1, 0.15) is 19.4 Å². The van der Waals surface area contributed by atoms with E-state index in [-0.39, 0.29) is 0 Å². The fraction of sp³-hybridized carbons (Fsp3) is 0.571. The van der Waals surface area contributed by atoms with Gasteiger partial charge in [-0.25, -0.2) is 0 Å². The van der Waals surface area contributed by atoms with Gasteiger partial charge in [-0.1, -0.05) is 37.3 Å². The normalized spacial score (nSPS) is 13.0. The molecule has 0 aliphatic carbocycles. The highest BCUT2D eigenvalue weighted by Crippen LogP contribution is 2.02. The van der Waals surface area contributed by atoms with Gasteiger partial charge in [0.15, 0.2) is 0 Å². The first-order valence-electron chi connectivity index (χ1n) is 6.19. The van der Waals surface area contributed by atoms with Gasteiger partial charge in [-0.05, 0) is 32.5 Å². The Morgan fingerprint density at radius 2 is 1.94 bits per heavy atom. The summed E-state index contributed by atoms with van der Waals surface area (Å²) in [5.41, 5.74) is 1.42. The molecule has 0 saturated carbocycles. The van der Waals surface area contributed by atoms with E-state index in [1.807, 2.05) is 0 Å². The highest BCUT2D eigenvalue weighted by molar-refractivity contribution is 5.14. The molecule has 0 aliphatic heterocycles. The molecule has 0 aliphatic rings. The lowest BCUT2D eigenvalue weighted by atomic mass is 10.1. The third-order valence-electron chi connectivity index (χ3n) is 3.04. The molecule has 90 valence electrons. The number of rotatable bonds is 7. The molecular formula is C14H24N2. The molecule has 0 heterocycles. The second-order valence-corrected chi connectivity index (χ2v) is 4.37. The zero-order valence-corrected chi connectivity index (χ0v) is 10.7. The van der Waals surface area contributed by atoms with Crippen molar-refractivity contribution in [3.8, 4) is 0 Å². The van der Waals surface area contributed by atoms with Crippen LogP contribution in [0, 0.1) is 0 Å². The van der Waals surface area contributed by atoms with Gasteiger partial charge in [0.05, 0.1) is 0 Å². The van der Waals surface area contributed by atoms with Crippen molar-refractivity contribution >= 4 is 0 Å². The fourth-order valence-corrected chi connectivity index (χ4v) is 1.68. The summed E-state index contributed by atoms with van der Waals surface area (Å²) in [6.45, 7) is 7.67. The van der Waals surface area contributed by atoms with Gasteiger partial charge in [0, 0.05) is 19.1 Å². The van der Waals surface area contributed by atoms with Crippen molar-refractivity contribution in [3.63, 3.8) is 0 Å². The van der Waals surface area contributed by atoms with Crippen molar-refractivity contribution in [1.82, 2.24) is 10.2 Å². The molecule has 0 spiro atoms. The summed E-state index contributed by atoms with van der Waals surface area (Å²) in [6, 6.07) is 11.3. The molecule has 0 fully saturated rings. The van der Waals surface area contributed by atoms with Gasteiger partial charge in [-0.3, -0.25) is 0 Å². The minimum Gasteiger partial charge on any atom is -0.315 e. The zero-order valence-electron chi connectivity index (χ0n) is 10.7. The molecule has 1 aromatic rings. The Hall–Kier alpha value is -0.860. The van der Waals surface area contributed by atoms with Gasteiger partial charge in [-0.2, -0.15) is 0 Å². The predicted octanol–water partition coefficient (Wildman–Crippen LogP) is 2.16. The standard InChI is InChI=1S/C14H24N2/c1-4-15-12-13(2)16(3)11-10-14-8-6-5-7-9-14/h5-9,13,15H,4,10-12H2,1-3H3. The molecule has 1 aromatic carbocycles. The summed E-state index contributed by atoms with van der Waals surface area (Å²) >= 11 is 0. The minimum atomic E-state index is 0.601. The van der Waals surface area contributed by atoms with Crippen LogP contribution in [0.3, 0.4) is 0 Å². The number of hydrogen-bond acceptors (Lipinski definition) is 2. The lowest BCUT2D eigenvalue weighted by Crippen LogP contribution is -2.38. The molecule has 1 atom stereocenters. The van der Waals surface area contributed by atoms with Crippen molar-refractivity contribution < 1.29 is 0 Å². The molecule has 0 aromatic heterocycles. The molecule has 1 unspecified atom stereocenters. The summed E-state index contributed by atoms with van der Waals surface area (Å²) in [5, 5.41) is 3.39. The summed E-state index contributed by atoms with van der Waals surface area (Å²) in [6.07, 6.45) is 1.13. The van der Waals surface area contributed by atoms with Crippen molar-refractivity contribution in [3.05, 3.63) is 35.9 Å². The molecule has 0 radical (unpaired) electrons. The predicted molar refractivity (Wildman–Crippen MR) is 70.8 cm³/mol. The van der Waals surface area contributed by atoms with Gasteiger partial charge < -0.3 is 10.2 Å². The first-order valence-corrected chi connectivity index (χ1v) is 6.19. The maximum absolute atomic E-state index is 3.39. The lowest BCUT2D eigenvalue weighted by Gasteiger charge is -2.24. The average molecular weight is 220 g/mol. The highest BCUT2D eigenvalue weighted by atomic mass is 15.1. The molecule has 0 bridgehead atoms. The molecule has 2 nitrogen and oxygen atoms in total. The topological polar surface area (TPSA) is 15.3 Å². The van der Waals surface area contributed by atoms with E-state index in [9.17, 15) is 0 Å². The highest BCUT2D eigenvalue weighted by Gasteiger charge is 2.07. The quantitative estimate of drug-likeness (QED) is 0.757. The first kappa shape index (κ1) is 13.2. The summed E-state index contributed by atoms with van der Waals surface area (Å²) in [4.78, 5) is 2.41. The van der Waals surface area contributed by atoms with E-state index in [2.05, 4.69) is 61.4 Å². The van der Waals surface area contributed by atoms with Crippen LogP contribution in [-0.2, 0) is 6.42 Å². The van der Waals surface area contributed by atoms with E-state index < -0.39 is 0 Å². The van der Waals surface area contributed by atoms with Crippen molar-refractivity contribution in [2.24, 2.45) is 0 Å². The third kappa shape index (κ3) is 4.77. The van der Waals surface area contributed by atoms with Crippen molar-refractivity contribution in [2.75, 3.05) is 26.7 Å². The number of hydrogen-bond donors (Lipinski definition) is 1. The van der Waals surface area contributed by atoms with E-state index in [1.165, 1.54) is 5.56 Å². The number of nitrogens with zero attached hydrogens (tertiary/aromatic N) is 1. The van der Waals surface area contributed by atoms with Gasteiger partial charge >= 0.3 is 0 Å². The Labute approximate surface area is 99.7 Å². The maximum atomic E-state index is 3.39. The molecule has 16 heavy (non-hydrogen) atoms. The second-order valence-electron chi connectivity index (χ2n) is 4.37. The summed E-state index contributed by atoms with van der Waals surface area (Å²) in [7, 11) is 2.20. The third-order valence-corrected chi connectivity index (χ3v) is 3.04. The first-order chi connectivity index (χ1) is 7.74. The van der Waals surface area contributed by atoms with Crippen molar-refractivity contribution in [2.45, 2.75) is 26.3 Å². The van der Waals surface area contributed by atoms with Crippen LogP contribution in [-0.4, -0.2) is 37.6 Å². The van der Waals surface area contributed by atoms with Gasteiger partial charge in [0.2, 0.25) is 0 Å². The van der Waals surface area contributed by atoms with E-state index in [1.54, 1.807) is 0 Å². The fourth-order valence-electron chi connectivity index (χ4n) is 1.68. The monoisotopic (exact) mass is 220 g/mol. The maximum Gasteiger partial charge on any atom is 0.0189 e. The number of likely N-dealkylation sites (N-methyl/N-ethyl adjacent to an activating group) is 2. The molecule has 0 amide bonds. The van der Waals surface area contributed by atoms with E-state index in [0.29, 0.717) is 6.04 Å². The molecule has 1 rings (SSSR count). The van der Waals surface area contributed by atoms with Crippen LogP contribution in [0.15, 0.2) is 30.3 Å². The van der Waals surface area contributed by atoms with Crippen LogP contribution in [0.25, 0.3) is 0 Å². The Kier molecular flexibility index (Phi) is 6.12. The SMILES string of the molecule is CCNCC(C)N(C)CCc1ccccc1. The Balaban J connectivity index is 2.26. The smallest absolute Gasteiger partial charge is 0.0189 e. The summed E-state index contributed by atoms with van der Waals surface area (Å²) in [5.74, 6) is 0. The largest absolute Gasteiger partial charge is 0.315 e. The second kappa shape index (κ2) is 7.42. The Morgan fingerprint density at radius 1 is 1.25 bits per heavy atom. The van der Waals surface area contributed by atoms with Crippen molar-refractivity contribution in [1.29, 1.82) is 0 Å². The number of nitrogens with one attached hydrogen (secondary N) is 1. The number of benzene rings is 1. The van der Waals surface area contributed by atoms with E-state index in [0.717, 1.165) is 26.1 Å². The van der Waals surface area contributed by atoms with Gasteiger partial charge in [-0.15, -0.1) is 0 Å². The Bertz CT molecular complexity index is 271.